The smallest absolute Gasteiger partial charge is 0.230 e. The van der Waals surface area contributed by atoms with Crippen LogP contribution in [0.2, 0.25) is 5.02 Å². The first-order valence-corrected chi connectivity index (χ1v) is 11.2. The van der Waals surface area contributed by atoms with E-state index in [0.717, 1.165) is 55.6 Å². The number of nitrogens with zero attached hydrogens (tertiary/aromatic N) is 4. The average molecular weight is 428 g/mol. The van der Waals surface area contributed by atoms with Crippen LogP contribution < -0.4 is 15.1 Å². The second-order valence-electron chi connectivity index (χ2n) is 8.70. The second kappa shape index (κ2) is 8.80. The van der Waals surface area contributed by atoms with E-state index in [2.05, 4.69) is 15.3 Å². The lowest BCUT2D eigenvalue weighted by atomic mass is 9.89. The third-order valence-corrected chi connectivity index (χ3v) is 6.28. The number of benzene rings is 1. The number of aromatic nitrogens is 2. The van der Waals surface area contributed by atoms with Gasteiger partial charge in [0.15, 0.2) is 0 Å². The van der Waals surface area contributed by atoms with Gasteiger partial charge in [-0.2, -0.15) is 4.98 Å². The van der Waals surface area contributed by atoms with Crippen molar-refractivity contribution in [3.63, 3.8) is 0 Å². The van der Waals surface area contributed by atoms with Gasteiger partial charge < -0.3 is 15.1 Å². The monoisotopic (exact) mass is 427 g/mol. The summed E-state index contributed by atoms with van der Waals surface area (Å²) >= 11 is 6.07. The number of carbonyl (C=O) groups excluding carboxylic acids is 1. The summed E-state index contributed by atoms with van der Waals surface area (Å²) < 4.78 is 0. The van der Waals surface area contributed by atoms with Crippen molar-refractivity contribution in [1.29, 1.82) is 0 Å². The van der Waals surface area contributed by atoms with Crippen LogP contribution in [-0.4, -0.2) is 42.1 Å². The van der Waals surface area contributed by atoms with Crippen molar-refractivity contribution in [2.24, 2.45) is 5.92 Å². The number of aryl methyl sites for hydroxylation is 1. The second-order valence-corrected chi connectivity index (χ2v) is 9.14. The Morgan fingerprint density at radius 3 is 2.33 bits per heavy atom. The Morgan fingerprint density at radius 2 is 1.73 bits per heavy atom. The molecule has 1 amide bonds. The fraction of sp³-hybridized carbons (Fsp3) is 0.522. The predicted octanol–water partition coefficient (Wildman–Crippen LogP) is 4.67. The molecule has 0 radical (unpaired) electrons. The number of nitrogens with one attached hydrogen (secondary N) is 1. The van der Waals surface area contributed by atoms with Crippen LogP contribution in [0.25, 0.3) is 0 Å². The molecule has 0 atom stereocenters. The summed E-state index contributed by atoms with van der Waals surface area (Å²) in [6.07, 6.45) is 7.79. The zero-order valence-corrected chi connectivity index (χ0v) is 18.7. The molecule has 160 valence electrons. The number of amides is 1. The van der Waals surface area contributed by atoms with Gasteiger partial charge in [-0.3, -0.25) is 4.79 Å². The topological polar surface area (TPSA) is 61.4 Å². The van der Waals surface area contributed by atoms with E-state index < -0.39 is 0 Å². The van der Waals surface area contributed by atoms with Crippen molar-refractivity contribution in [3.05, 3.63) is 41.0 Å². The highest BCUT2D eigenvalue weighted by molar-refractivity contribution is 6.30. The average Bonchev–Trinajstić information content (AvgIpc) is 3.57. The van der Waals surface area contributed by atoms with E-state index in [0.29, 0.717) is 17.0 Å². The number of carbonyl (C=O) groups is 1. The maximum absolute atomic E-state index is 13.0. The number of hydrogen-bond donors (Lipinski definition) is 1. The highest BCUT2D eigenvalue weighted by atomic mass is 35.5. The first kappa shape index (κ1) is 20.9. The number of hydrogen-bond acceptors (Lipinski definition) is 5. The largest absolute Gasteiger partial charge is 0.362 e. The van der Waals surface area contributed by atoms with Crippen LogP contribution in [0.5, 0.6) is 0 Å². The van der Waals surface area contributed by atoms with Gasteiger partial charge in [-0.1, -0.05) is 11.6 Å². The van der Waals surface area contributed by atoms with E-state index in [1.165, 1.54) is 0 Å². The molecule has 2 saturated carbocycles. The fourth-order valence-electron chi connectivity index (χ4n) is 4.26. The van der Waals surface area contributed by atoms with Crippen LogP contribution in [-0.2, 0) is 4.79 Å². The van der Waals surface area contributed by atoms with E-state index in [9.17, 15) is 4.79 Å². The molecule has 4 rings (SSSR count). The minimum atomic E-state index is 0.196. The lowest BCUT2D eigenvalue weighted by Gasteiger charge is -2.37. The number of anilines is 3. The quantitative estimate of drug-likeness (QED) is 0.725. The highest BCUT2D eigenvalue weighted by Crippen LogP contribution is 2.37. The molecule has 2 aliphatic rings. The van der Waals surface area contributed by atoms with Crippen molar-refractivity contribution >= 4 is 35.0 Å². The van der Waals surface area contributed by atoms with E-state index in [-0.39, 0.29) is 17.9 Å². The standard InChI is InChI=1S/C23H30ClN5O/c1-15-14-25-23(27-21(15)28(2)3)26-18-8-12-20(13-9-18)29(22(30)16-4-5-16)19-10-6-17(24)7-11-19/h6-7,10-11,14,16,18,20H,4-5,8-9,12-13H2,1-3H3,(H,25,26,27)/t18-,20+. The van der Waals surface area contributed by atoms with Crippen LogP contribution in [0.4, 0.5) is 17.5 Å². The minimum absolute atomic E-state index is 0.196. The molecule has 1 aromatic heterocycles. The molecule has 0 bridgehead atoms. The normalized spacial score (nSPS) is 21.2. The Kier molecular flexibility index (Phi) is 6.14. The summed E-state index contributed by atoms with van der Waals surface area (Å²) in [4.78, 5) is 26.2. The van der Waals surface area contributed by atoms with Crippen molar-refractivity contribution in [2.75, 3.05) is 29.2 Å². The SMILES string of the molecule is Cc1cnc(N[C@H]2CC[C@@H](N(C(=O)C3CC3)c3ccc(Cl)cc3)CC2)nc1N(C)C. The zero-order chi connectivity index (χ0) is 21.3. The fourth-order valence-corrected chi connectivity index (χ4v) is 4.39. The van der Waals surface area contributed by atoms with Crippen molar-refractivity contribution in [2.45, 2.75) is 57.5 Å². The molecular weight excluding hydrogens is 398 g/mol. The lowest BCUT2D eigenvalue weighted by Crippen LogP contribution is -2.45. The van der Waals surface area contributed by atoms with Crippen LogP contribution in [0.1, 0.15) is 44.1 Å². The van der Waals surface area contributed by atoms with Gasteiger partial charge in [-0.15, -0.1) is 0 Å². The summed E-state index contributed by atoms with van der Waals surface area (Å²) in [6, 6.07) is 8.23. The summed E-state index contributed by atoms with van der Waals surface area (Å²) in [7, 11) is 3.99. The molecule has 0 aliphatic heterocycles. The van der Waals surface area contributed by atoms with Gasteiger partial charge in [-0.05, 0) is 69.7 Å². The molecule has 1 N–H and O–H groups in total. The van der Waals surface area contributed by atoms with Gasteiger partial charge in [0.1, 0.15) is 5.82 Å². The number of halogens is 1. The Hall–Kier alpha value is -2.34. The van der Waals surface area contributed by atoms with Gasteiger partial charge >= 0.3 is 0 Å². The van der Waals surface area contributed by atoms with Crippen LogP contribution in [0.15, 0.2) is 30.5 Å². The lowest BCUT2D eigenvalue weighted by molar-refractivity contribution is -0.120. The van der Waals surface area contributed by atoms with E-state index >= 15 is 0 Å². The van der Waals surface area contributed by atoms with Crippen molar-refractivity contribution in [1.82, 2.24) is 9.97 Å². The van der Waals surface area contributed by atoms with Gasteiger partial charge in [0.2, 0.25) is 11.9 Å². The zero-order valence-electron chi connectivity index (χ0n) is 17.9. The van der Waals surface area contributed by atoms with E-state index in [4.69, 9.17) is 11.6 Å². The summed E-state index contributed by atoms with van der Waals surface area (Å²) in [5.41, 5.74) is 2.02. The molecule has 0 unspecified atom stereocenters. The Morgan fingerprint density at radius 1 is 1.07 bits per heavy atom. The highest BCUT2D eigenvalue weighted by Gasteiger charge is 2.38. The molecular formula is C23H30ClN5O. The van der Waals surface area contributed by atoms with Gasteiger partial charge in [0.25, 0.3) is 0 Å². The summed E-state index contributed by atoms with van der Waals surface area (Å²) in [5.74, 6) is 2.08. The molecule has 0 saturated heterocycles. The molecule has 30 heavy (non-hydrogen) atoms. The maximum Gasteiger partial charge on any atom is 0.230 e. The predicted molar refractivity (Wildman–Crippen MR) is 122 cm³/mol. The van der Waals surface area contributed by atoms with Crippen LogP contribution in [0, 0.1) is 12.8 Å². The van der Waals surface area contributed by atoms with Gasteiger partial charge in [-0.25, -0.2) is 4.98 Å². The van der Waals surface area contributed by atoms with Gasteiger partial charge in [0.05, 0.1) is 0 Å². The Bertz CT molecular complexity index is 889. The molecule has 0 spiro atoms. The third kappa shape index (κ3) is 4.69. The van der Waals surface area contributed by atoms with Gasteiger partial charge in [0, 0.05) is 54.6 Å². The third-order valence-electron chi connectivity index (χ3n) is 6.03. The van der Waals surface area contributed by atoms with Crippen molar-refractivity contribution < 1.29 is 4.79 Å². The molecule has 7 heteroatoms. The minimum Gasteiger partial charge on any atom is -0.362 e. The molecule has 1 heterocycles. The molecule has 6 nitrogen and oxygen atoms in total. The molecule has 2 aromatic rings. The Labute approximate surface area is 183 Å². The maximum atomic E-state index is 13.0. The molecule has 1 aromatic carbocycles. The molecule has 2 aliphatic carbocycles. The molecule has 2 fully saturated rings. The number of rotatable bonds is 6. The van der Waals surface area contributed by atoms with Crippen LogP contribution >= 0.6 is 11.6 Å². The first-order chi connectivity index (χ1) is 14.4. The summed E-state index contributed by atoms with van der Waals surface area (Å²) in [6.45, 7) is 2.02. The van der Waals surface area contributed by atoms with E-state index in [1.54, 1.807) is 0 Å². The summed E-state index contributed by atoms with van der Waals surface area (Å²) in [5, 5.41) is 4.20. The van der Waals surface area contributed by atoms with E-state index in [1.807, 2.05) is 61.3 Å². The first-order valence-electron chi connectivity index (χ1n) is 10.8. The van der Waals surface area contributed by atoms with Crippen molar-refractivity contribution in [3.8, 4) is 0 Å². The Balaban J connectivity index is 1.42. The van der Waals surface area contributed by atoms with Crippen LogP contribution in [0.3, 0.4) is 0 Å².